The third-order valence-corrected chi connectivity index (χ3v) is 6.70. The first kappa shape index (κ1) is 18.4. The summed E-state index contributed by atoms with van der Waals surface area (Å²) < 4.78 is 27.5. The highest BCUT2D eigenvalue weighted by atomic mass is 32.2. The first-order valence-electron chi connectivity index (χ1n) is 8.74. The molecule has 3 aromatic carbocycles. The molecule has 0 aliphatic heterocycles. The topological polar surface area (TPSA) is 59.1 Å². The number of hydrogen-bond acceptors (Lipinski definition) is 4. The van der Waals surface area contributed by atoms with Crippen LogP contribution in [0, 0.1) is 6.92 Å². The van der Waals surface area contributed by atoms with E-state index in [4.69, 9.17) is 4.98 Å². The predicted octanol–water partition coefficient (Wildman–Crippen LogP) is 5.59. The molecule has 28 heavy (non-hydrogen) atoms. The van der Waals surface area contributed by atoms with Crippen molar-refractivity contribution in [1.82, 2.24) is 4.98 Å². The number of nitrogens with one attached hydrogen (secondary N) is 1. The van der Waals surface area contributed by atoms with Crippen molar-refractivity contribution in [2.45, 2.75) is 11.8 Å². The number of aromatic nitrogens is 1. The Balaban J connectivity index is 1.58. The first-order valence-corrected chi connectivity index (χ1v) is 11.0. The van der Waals surface area contributed by atoms with Crippen molar-refractivity contribution in [3.8, 4) is 21.8 Å². The fourth-order valence-electron chi connectivity index (χ4n) is 2.88. The molecule has 4 aromatic rings. The molecule has 1 heterocycles. The molecule has 140 valence electrons. The van der Waals surface area contributed by atoms with Crippen LogP contribution in [-0.4, -0.2) is 13.4 Å². The molecule has 1 aromatic heterocycles. The largest absolute Gasteiger partial charge is 0.280 e. The Kier molecular flexibility index (Phi) is 4.98. The Morgan fingerprint density at radius 1 is 0.786 bits per heavy atom. The molecule has 0 bridgehead atoms. The van der Waals surface area contributed by atoms with Crippen molar-refractivity contribution in [1.29, 1.82) is 0 Å². The third kappa shape index (κ3) is 3.83. The van der Waals surface area contributed by atoms with E-state index in [1.807, 2.05) is 49.4 Å². The van der Waals surface area contributed by atoms with Crippen LogP contribution in [0.15, 0.2) is 89.8 Å². The molecule has 0 radical (unpaired) electrons. The molecule has 1 N–H and O–H groups in total. The van der Waals surface area contributed by atoms with Gasteiger partial charge >= 0.3 is 0 Å². The third-order valence-electron chi connectivity index (χ3n) is 4.28. The molecule has 0 fully saturated rings. The number of sulfonamides is 1. The predicted molar refractivity (Wildman–Crippen MR) is 115 cm³/mol. The van der Waals surface area contributed by atoms with E-state index in [1.165, 1.54) is 0 Å². The van der Waals surface area contributed by atoms with Crippen molar-refractivity contribution in [2.75, 3.05) is 4.72 Å². The summed E-state index contributed by atoms with van der Waals surface area (Å²) >= 11 is 1.65. The van der Waals surface area contributed by atoms with Crippen molar-refractivity contribution < 1.29 is 8.42 Å². The first-order chi connectivity index (χ1) is 13.5. The van der Waals surface area contributed by atoms with Gasteiger partial charge in [0.25, 0.3) is 10.0 Å². The molecular formula is C22H18N2O2S2. The Hall–Kier alpha value is -2.96. The quantitative estimate of drug-likeness (QED) is 0.470. The molecule has 0 saturated heterocycles. The van der Waals surface area contributed by atoms with E-state index in [-0.39, 0.29) is 4.90 Å². The summed E-state index contributed by atoms with van der Waals surface area (Å²) in [6, 6.07) is 25.7. The van der Waals surface area contributed by atoms with Crippen LogP contribution in [0.5, 0.6) is 0 Å². The lowest BCUT2D eigenvalue weighted by atomic mass is 10.1. The minimum atomic E-state index is -3.59. The highest BCUT2D eigenvalue weighted by Crippen LogP contribution is 2.33. The van der Waals surface area contributed by atoms with Crippen LogP contribution in [0.2, 0.25) is 0 Å². The fourth-order valence-corrected chi connectivity index (χ4v) is 4.90. The van der Waals surface area contributed by atoms with Crippen molar-refractivity contribution in [3.63, 3.8) is 0 Å². The number of benzene rings is 3. The molecule has 6 heteroatoms. The number of anilines is 1. The van der Waals surface area contributed by atoms with Gasteiger partial charge in [-0.15, -0.1) is 11.3 Å². The van der Waals surface area contributed by atoms with Gasteiger partial charge in [0.15, 0.2) is 0 Å². The zero-order valence-electron chi connectivity index (χ0n) is 15.2. The number of nitrogens with zero attached hydrogens (tertiary/aromatic N) is 1. The van der Waals surface area contributed by atoms with Crippen LogP contribution in [0.3, 0.4) is 0 Å². The lowest BCUT2D eigenvalue weighted by Gasteiger charge is -2.08. The second-order valence-corrected chi connectivity index (χ2v) is 9.17. The molecule has 0 spiro atoms. The molecular weight excluding hydrogens is 388 g/mol. The summed E-state index contributed by atoms with van der Waals surface area (Å²) in [5.41, 5.74) is 3.48. The summed E-state index contributed by atoms with van der Waals surface area (Å²) in [6.07, 6.45) is 0. The monoisotopic (exact) mass is 406 g/mol. The van der Waals surface area contributed by atoms with Gasteiger partial charge in [0, 0.05) is 21.7 Å². The molecule has 0 aliphatic carbocycles. The molecule has 0 saturated carbocycles. The highest BCUT2D eigenvalue weighted by molar-refractivity contribution is 7.92. The minimum absolute atomic E-state index is 0.238. The summed E-state index contributed by atoms with van der Waals surface area (Å²) in [5.74, 6) is 0. The second-order valence-electron chi connectivity index (χ2n) is 6.29. The molecule has 0 unspecified atom stereocenters. The van der Waals surface area contributed by atoms with Crippen LogP contribution in [0.4, 0.5) is 5.69 Å². The zero-order chi connectivity index (χ0) is 19.6. The second kappa shape index (κ2) is 7.58. The molecule has 0 amide bonds. The van der Waals surface area contributed by atoms with E-state index in [0.717, 1.165) is 26.7 Å². The molecule has 0 atom stereocenters. The maximum atomic E-state index is 12.4. The number of thiazole rings is 1. The van der Waals surface area contributed by atoms with E-state index in [9.17, 15) is 8.42 Å². The van der Waals surface area contributed by atoms with Crippen LogP contribution in [0.25, 0.3) is 21.8 Å². The van der Waals surface area contributed by atoms with Gasteiger partial charge in [-0.1, -0.05) is 60.7 Å². The normalized spacial score (nSPS) is 11.3. The smallest absolute Gasteiger partial charge is 0.261 e. The molecule has 0 aliphatic rings. The lowest BCUT2D eigenvalue weighted by Crippen LogP contribution is -2.12. The summed E-state index contributed by atoms with van der Waals surface area (Å²) in [5, 5.41) is 0.974. The number of hydrogen-bond donors (Lipinski definition) is 1. The molecule has 4 nitrogen and oxygen atoms in total. The highest BCUT2D eigenvalue weighted by Gasteiger charge is 2.14. The lowest BCUT2D eigenvalue weighted by molar-refractivity contribution is 0.601. The summed E-state index contributed by atoms with van der Waals surface area (Å²) in [7, 11) is -3.59. The van der Waals surface area contributed by atoms with Crippen LogP contribution in [0.1, 0.15) is 4.88 Å². The van der Waals surface area contributed by atoms with E-state index < -0.39 is 10.0 Å². The fraction of sp³-hybridized carbons (Fsp3) is 0.0455. The van der Waals surface area contributed by atoms with Gasteiger partial charge in [0.1, 0.15) is 5.01 Å². The van der Waals surface area contributed by atoms with E-state index >= 15 is 0 Å². The van der Waals surface area contributed by atoms with Gasteiger partial charge in [0.2, 0.25) is 0 Å². The van der Waals surface area contributed by atoms with Gasteiger partial charge in [0.05, 0.1) is 10.6 Å². The Morgan fingerprint density at radius 3 is 2.04 bits per heavy atom. The maximum Gasteiger partial charge on any atom is 0.261 e. The zero-order valence-corrected chi connectivity index (χ0v) is 16.8. The van der Waals surface area contributed by atoms with Crippen molar-refractivity contribution in [3.05, 3.63) is 89.8 Å². The minimum Gasteiger partial charge on any atom is -0.280 e. The SMILES string of the molecule is Cc1sc(-c2ccccc2)nc1-c1ccc(NS(=O)(=O)c2ccccc2)cc1. The maximum absolute atomic E-state index is 12.4. The average molecular weight is 407 g/mol. The summed E-state index contributed by atoms with van der Waals surface area (Å²) in [6.45, 7) is 2.05. The van der Waals surface area contributed by atoms with Crippen LogP contribution < -0.4 is 4.72 Å². The van der Waals surface area contributed by atoms with Crippen LogP contribution >= 0.6 is 11.3 Å². The number of rotatable bonds is 5. The Labute approximate surface area is 168 Å². The van der Waals surface area contributed by atoms with Crippen molar-refractivity contribution in [2.24, 2.45) is 0 Å². The van der Waals surface area contributed by atoms with Gasteiger partial charge in [-0.2, -0.15) is 0 Å². The number of aryl methyl sites for hydroxylation is 1. The van der Waals surface area contributed by atoms with Crippen LogP contribution in [-0.2, 0) is 10.0 Å². The standard InChI is InChI=1S/C22H18N2O2S2/c1-16-21(23-22(27-16)18-8-4-2-5-9-18)17-12-14-19(15-13-17)24-28(25,26)20-10-6-3-7-11-20/h2-15,24H,1H3. The van der Waals surface area contributed by atoms with E-state index in [0.29, 0.717) is 5.69 Å². The Bertz CT molecular complexity index is 1180. The average Bonchev–Trinajstić information content (AvgIpc) is 3.11. The van der Waals surface area contributed by atoms with Crippen molar-refractivity contribution >= 4 is 27.0 Å². The summed E-state index contributed by atoms with van der Waals surface area (Å²) in [4.78, 5) is 6.14. The Morgan fingerprint density at radius 2 is 1.39 bits per heavy atom. The van der Waals surface area contributed by atoms with Gasteiger partial charge in [-0.25, -0.2) is 13.4 Å². The van der Waals surface area contributed by atoms with E-state index in [2.05, 4.69) is 4.72 Å². The van der Waals surface area contributed by atoms with Gasteiger partial charge < -0.3 is 0 Å². The molecule has 4 rings (SSSR count). The van der Waals surface area contributed by atoms with Gasteiger partial charge in [-0.05, 0) is 31.2 Å². The van der Waals surface area contributed by atoms with E-state index in [1.54, 1.807) is 53.8 Å². The van der Waals surface area contributed by atoms with Gasteiger partial charge in [-0.3, -0.25) is 4.72 Å².